The van der Waals surface area contributed by atoms with E-state index in [1.54, 1.807) is 63.0 Å². The Labute approximate surface area is 196 Å². The molecule has 1 saturated heterocycles. The molecule has 0 aliphatic carbocycles. The van der Waals surface area contributed by atoms with Crippen molar-refractivity contribution in [1.82, 2.24) is 19.7 Å². The highest BCUT2D eigenvalue weighted by atomic mass is 16.7. The molecule has 1 aromatic heterocycles. The number of carboxylic acid groups (broad SMARTS) is 1. The van der Waals surface area contributed by atoms with E-state index in [-0.39, 0.29) is 26.0 Å². The Morgan fingerprint density at radius 2 is 1.85 bits per heavy atom. The predicted octanol–water partition coefficient (Wildman–Crippen LogP) is 2.86. The number of aromatic nitrogens is 2. The van der Waals surface area contributed by atoms with Crippen LogP contribution in [0, 0.1) is 0 Å². The maximum atomic E-state index is 12.2. The van der Waals surface area contributed by atoms with E-state index in [9.17, 15) is 24.3 Å². The Morgan fingerprint density at radius 1 is 1.18 bits per heavy atom. The minimum absolute atomic E-state index is 0.00267. The lowest BCUT2D eigenvalue weighted by Gasteiger charge is -2.33. The van der Waals surface area contributed by atoms with Gasteiger partial charge in [0.25, 0.3) is 11.8 Å². The first-order valence-corrected chi connectivity index (χ1v) is 10.6. The third-order valence-corrected chi connectivity index (χ3v) is 5.12. The summed E-state index contributed by atoms with van der Waals surface area (Å²) in [6, 6.07) is 6.56. The first-order chi connectivity index (χ1) is 16.0. The summed E-state index contributed by atoms with van der Waals surface area (Å²) in [6.45, 7) is 5.64. The van der Waals surface area contributed by atoms with Crippen LogP contribution in [0.4, 0.5) is 15.3 Å². The largest absolute Gasteiger partial charge is 0.491 e. The van der Waals surface area contributed by atoms with Gasteiger partial charge in [-0.2, -0.15) is 5.10 Å². The molecule has 1 aromatic carbocycles. The Kier molecular flexibility index (Phi) is 7.08. The molecule has 12 heteroatoms. The van der Waals surface area contributed by atoms with Gasteiger partial charge in [0.05, 0.1) is 12.2 Å². The molecule has 1 aliphatic heterocycles. The monoisotopic (exact) mass is 473 g/mol. The van der Waals surface area contributed by atoms with Crippen molar-refractivity contribution in [2.45, 2.75) is 39.2 Å². The number of hydrogen-bond donors (Lipinski definition) is 2. The molecule has 3 rings (SSSR count). The van der Waals surface area contributed by atoms with Crippen LogP contribution in [0.15, 0.2) is 30.5 Å². The lowest BCUT2D eigenvalue weighted by molar-refractivity contribution is -0.170. The molecule has 0 unspecified atom stereocenters. The highest BCUT2D eigenvalue weighted by Crippen LogP contribution is 2.32. The summed E-state index contributed by atoms with van der Waals surface area (Å²) in [4.78, 5) is 53.2. The van der Waals surface area contributed by atoms with Crippen LogP contribution in [0.3, 0.4) is 0 Å². The number of hydrogen-bond acceptors (Lipinski definition) is 7. The Bertz CT molecular complexity index is 1090. The van der Waals surface area contributed by atoms with Crippen LogP contribution < -0.4 is 10.1 Å². The summed E-state index contributed by atoms with van der Waals surface area (Å²) in [5, 5.41) is 16.6. The zero-order valence-electron chi connectivity index (χ0n) is 19.4. The van der Waals surface area contributed by atoms with Crippen LogP contribution in [-0.2, 0) is 21.5 Å². The molecule has 4 amide bonds. The van der Waals surface area contributed by atoms with Gasteiger partial charge in [0.15, 0.2) is 0 Å². The van der Waals surface area contributed by atoms with Crippen LogP contribution in [0.1, 0.15) is 33.6 Å². The van der Waals surface area contributed by atoms with Gasteiger partial charge in [-0.15, -0.1) is 5.06 Å². The molecule has 0 spiro atoms. The van der Waals surface area contributed by atoms with Crippen molar-refractivity contribution >= 4 is 29.7 Å². The fourth-order valence-electron chi connectivity index (χ4n) is 3.42. The molecule has 34 heavy (non-hydrogen) atoms. The average Bonchev–Trinajstić information content (AvgIpc) is 3.30. The van der Waals surface area contributed by atoms with Gasteiger partial charge >= 0.3 is 12.2 Å². The molecular formula is C22H27N5O7. The van der Waals surface area contributed by atoms with E-state index >= 15 is 0 Å². The molecule has 1 fully saturated rings. The molecule has 182 valence electrons. The van der Waals surface area contributed by atoms with Crippen molar-refractivity contribution in [2.75, 3.05) is 18.5 Å². The molecular weight excluding hydrogens is 446 g/mol. The van der Waals surface area contributed by atoms with E-state index in [0.717, 1.165) is 0 Å². The number of carbonyl (C=O) groups is 4. The average molecular weight is 473 g/mol. The van der Waals surface area contributed by atoms with E-state index in [2.05, 4.69) is 10.4 Å². The number of rotatable bonds is 7. The normalized spacial score (nSPS) is 13.7. The smallest absolute Gasteiger partial charge is 0.436 e. The highest BCUT2D eigenvalue weighted by Gasteiger charge is 2.33. The van der Waals surface area contributed by atoms with Gasteiger partial charge in [0.1, 0.15) is 12.4 Å². The highest BCUT2D eigenvalue weighted by molar-refractivity contribution is 6.02. The van der Waals surface area contributed by atoms with Gasteiger partial charge in [-0.1, -0.05) is 0 Å². The zero-order valence-corrected chi connectivity index (χ0v) is 19.4. The summed E-state index contributed by atoms with van der Waals surface area (Å²) in [7, 11) is 1.74. The predicted molar refractivity (Wildman–Crippen MR) is 120 cm³/mol. The van der Waals surface area contributed by atoms with Crippen molar-refractivity contribution in [3.05, 3.63) is 30.5 Å². The third-order valence-electron chi connectivity index (χ3n) is 5.12. The Balaban J connectivity index is 1.77. The number of aryl methyl sites for hydroxylation is 1. The number of nitrogens with zero attached hydrogens (tertiary/aromatic N) is 4. The van der Waals surface area contributed by atoms with Gasteiger partial charge in [-0.25, -0.2) is 9.59 Å². The van der Waals surface area contributed by atoms with Crippen molar-refractivity contribution in [2.24, 2.45) is 7.05 Å². The third kappa shape index (κ3) is 5.63. The van der Waals surface area contributed by atoms with Crippen LogP contribution in [0.25, 0.3) is 11.3 Å². The first-order valence-electron chi connectivity index (χ1n) is 10.6. The van der Waals surface area contributed by atoms with Crippen LogP contribution >= 0.6 is 0 Å². The number of imide groups is 1. The van der Waals surface area contributed by atoms with Crippen molar-refractivity contribution in [3.63, 3.8) is 0 Å². The molecule has 0 radical (unpaired) electrons. The second-order valence-corrected chi connectivity index (χ2v) is 8.59. The summed E-state index contributed by atoms with van der Waals surface area (Å²) in [5.41, 5.74) is 1.01. The molecule has 12 nitrogen and oxygen atoms in total. The van der Waals surface area contributed by atoms with Gasteiger partial charge in [0, 0.05) is 42.9 Å². The van der Waals surface area contributed by atoms with Crippen molar-refractivity contribution in [1.29, 1.82) is 0 Å². The molecule has 0 saturated carbocycles. The lowest BCUT2D eigenvalue weighted by atomic mass is 10.1. The van der Waals surface area contributed by atoms with Crippen LogP contribution in [0.2, 0.25) is 0 Å². The minimum atomic E-state index is -1.05. The van der Waals surface area contributed by atoms with E-state index < -0.39 is 29.5 Å². The number of carbonyl (C=O) groups excluding carboxylic acids is 3. The lowest BCUT2D eigenvalue weighted by Crippen LogP contribution is -2.46. The standard InChI is InChI=1S/C22H27N5O7/c1-22(2,3)26(21(31)32)11-12-33-17-6-5-14(13-15(17)16-9-10-23-25(16)4)24-20(30)34-27-18(28)7-8-19(27)29/h5-6,9-10,13H,7-8,11-12H2,1-4H3,(H,24,30)(H,31,32). The quantitative estimate of drug-likeness (QED) is 0.584. The van der Waals surface area contributed by atoms with Gasteiger partial charge in [0.2, 0.25) is 0 Å². The summed E-state index contributed by atoms with van der Waals surface area (Å²) in [6.07, 6.45) is -0.440. The fourth-order valence-corrected chi connectivity index (χ4v) is 3.42. The second-order valence-electron chi connectivity index (χ2n) is 8.59. The molecule has 2 N–H and O–H groups in total. The van der Waals surface area contributed by atoms with E-state index in [4.69, 9.17) is 9.57 Å². The van der Waals surface area contributed by atoms with Crippen molar-refractivity contribution in [3.8, 4) is 17.0 Å². The molecule has 0 bridgehead atoms. The first kappa shape index (κ1) is 24.6. The fraction of sp³-hybridized carbons (Fsp3) is 0.409. The van der Waals surface area contributed by atoms with E-state index in [1.165, 1.54) is 4.90 Å². The van der Waals surface area contributed by atoms with E-state index in [0.29, 0.717) is 27.8 Å². The van der Waals surface area contributed by atoms with Crippen LogP contribution in [0.5, 0.6) is 5.75 Å². The molecule has 2 heterocycles. The Hall–Kier alpha value is -4.09. The van der Waals surface area contributed by atoms with E-state index in [1.807, 2.05) is 0 Å². The Morgan fingerprint density at radius 3 is 2.41 bits per heavy atom. The number of hydroxylamine groups is 2. The van der Waals surface area contributed by atoms with Gasteiger partial charge in [-0.05, 0) is 45.0 Å². The summed E-state index contributed by atoms with van der Waals surface area (Å²) in [5.74, 6) is -0.707. The number of anilines is 1. The summed E-state index contributed by atoms with van der Waals surface area (Å²) >= 11 is 0. The SMILES string of the molecule is Cn1nccc1-c1cc(NC(=O)ON2C(=O)CCC2=O)ccc1OCCN(C(=O)O)C(C)(C)C. The van der Waals surface area contributed by atoms with Crippen molar-refractivity contribution < 1.29 is 33.9 Å². The summed E-state index contributed by atoms with van der Waals surface area (Å²) < 4.78 is 7.52. The number of nitrogens with one attached hydrogen (secondary N) is 1. The molecule has 0 atom stereocenters. The number of ether oxygens (including phenoxy) is 1. The maximum absolute atomic E-state index is 12.2. The molecule has 1 aliphatic rings. The number of benzene rings is 1. The van der Waals surface area contributed by atoms with Gasteiger partial charge < -0.3 is 19.6 Å². The maximum Gasteiger partial charge on any atom is 0.436 e. The second kappa shape index (κ2) is 9.81. The molecule has 2 aromatic rings. The number of amides is 4. The zero-order chi connectivity index (χ0) is 25.0. The topological polar surface area (TPSA) is 143 Å². The van der Waals surface area contributed by atoms with Crippen LogP contribution in [-0.4, -0.2) is 67.5 Å². The minimum Gasteiger partial charge on any atom is -0.491 e. The van der Waals surface area contributed by atoms with Gasteiger partial charge in [-0.3, -0.25) is 19.6 Å².